The first kappa shape index (κ1) is 19.0. The normalized spacial score (nSPS) is 11.3. The zero-order valence-electron chi connectivity index (χ0n) is 15.4. The fraction of sp³-hybridized carbons (Fsp3) is 0.211. The monoisotopic (exact) mass is 381 g/mol. The summed E-state index contributed by atoms with van der Waals surface area (Å²) in [6.45, 7) is 3.72. The van der Waals surface area contributed by atoms with Crippen molar-refractivity contribution in [3.63, 3.8) is 0 Å². The second-order valence-electron chi connectivity index (χ2n) is 6.10. The molecule has 9 heteroatoms. The Morgan fingerprint density at radius 3 is 2.68 bits per heavy atom. The van der Waals surface area contributed by atoms with Crippen LogP contribution in [0.1, 0.15) is 35.4 Å². The number of rotatable bonds is 7. The van der Waals surface area contributed by atoms with E-state index < -0.39 is 5.91 Å². The molecule has 0 atom stereocenters. The van der Waals surface area contributed by atoms with Crippen LogP contribution in [0.2, 0.25) is 0 Å². The highest BCUT2D eigenvalue weighted by Gasteiger charge is 2.11. The zero-order valence-corrected chi connectivity index (χ0v) is 15.4. The molecular formula is C19H19N5O4. The van der Waals surface area contributed by atoms with Crippen molar-refractivity contribution in [2.24, 2.45) is 5.10 Å². The van der Waals surface area contributed by atoms with Crippen molar-refractivity contribution in [2.45, 2.75) is 26.8 Å². The quantitative estimate of drug-likeness (QED) is 0.479. The summed E-state index contributed by atoms with van der Waals surface area (Å²) in [6.07, 6.45) is 1.40. The molecule has 0 fully saturated rings. The van der Waals surface area contributed by atoms with Gasteiger partial charge in [0.05, 0.1) is 19.2 Å². The number of hydrogen-bond acceptors (Lipinski definition) is 7. The van der Waals surface area contributed by atoms with Crippen molar-refractivity contribution >= 4 is 17.5 Å². The van der Waals surface area contributed by atoms with E-state index in [-0.39, 0.29) is 24.6 Å². The second kappa shape index (κ2) is 8.76. The van der Waals surface area contributed by atoms with Gasteiger partial charge >= 0.3 is 5.91 Å². The minimum Gasteiger partial charge on any atom is -0.459 e. The third kappa shape index (κ3) is 5.13. The van der Waals surface area contributed by atoms with E-state index in [1.54, 1.807) is 13.0 Å². The van der Waals surface area contributed by atoms with Crippen LogP contribution in [0.3, 0.4) is 0 Å². The smallest absolute Gasteiger partial charge is 0.307 e. The topological polar surface area (TPSA) is 123 Å². The third-order valence-corrected chi connectivity index (χ3v) is 3.72. The first-order valence-corrected chi connectivity index (χ1v) is 8.54. The third-order valence-electron chi connectivity index (χ3n) is 3.72. The van der Waals surface area contributed by atoms with E-state index in [0.29, 0.717) is 17.4 Å². The molecule has 1 aromatic carbocycles. The number of hydrazone groups is 1. The Morgan fingerprint density at radius 1 is 1.18 bits per heavy atom. The van der Waals surface area contributed by atoms with Crippen LogP contribution < -0.4 is 10.7 Å². The van der Waals surface area contributed by atoms with E-state index in [4.69, 9.17) is 8.94 Å². The van der Waals surface area contributed by atoms with Crippen LogP contribution in [-0.4, -0.2) is 27.7 Å². The van der Waals surface area contributed by atoms with E-state index in [0.717, 1.165) is 11.1 Å². The molecule has 3 rings (SSSR count). The Morgan fingerprint density at radius 2 is 1.96 bits per heavy atom. The molecule has 2 aromatic heterocycles. The summed E-state index contributed by atoms with van der Waals surface area (Å²) >= 11 is 0. The number of carbonyl (C=O) groups is 2. The van der Waals surface area contributed by atoms with E-state index in [1.165, 1.54) is 12.3 Å². The van der Waals surface area contributed by atoms with Crippen LogP contribution >= 0.6 is 0 Å². The van der Waals surface area contributed by atoms with Crippen LogP contribution in [0, 0.1) is 6.92 Å². The van der Waals surface area contributed by atoms with Crippen molar-refractivity contribution < 1.29 is 18.5 Å². The number of nitrogens with one attached hydrogen (secondary N) is 2. The van der Waals surface area contributed by atoms with Gasteiger partial charge in [-0.2, -0.15) is 10.1 Å². The van der Waals surface area contributed by atoms with Crippen LogP contribution in [0.5, 0.6) is 0 Å². The van der Waals surface area contributed by atoms with E-state index >= 15 is 0 Å². The number of furan rings is 1. The Balaban J connectivity index is 1.47. The lowest BCUT2D eigenvalue weighted by molar-refractivity contribution is -0.120. The fourth-order valence-electron chi connectivity index (χ4n) is 2.26. The van der Waals surface area contributed by atoms with Crippen molar-refractivity contribution in [2.75, 3.05) is 0 Å². The van der Waals surface area contributed by atoms with Gasteiger partial charge in [-0.3, -0.25) is 9.59 Å². The minimum atomic E-state index is -0.487. The number of aromatic nitrogens is 2. The van der Waals surface area contributed by atoms with Crippen LogP contribution in [0.15, 0.2) is 56.7 Å². The van der Waals surface area contributed by atoms with Gasteiger partial charge in [-0.25, -0.2) is 5.43 Å². The number of benzene rings is 1. The van der Waals surface area contributed by atoms with Gasteiger partial charge in [0.25, 0.3) is 0 Å². The molecule has 28 heavy (non-hydrogen) atoms. The molecule has 0 saturated heterocycles. The van der Waals surface area contributed by atoms with Crippen molar-refractivity contribution in [1.82, 2.24) is 20.9 Å². The summed E-state index contributed by atoms with van der Waals surface area (Å²) < 4.78 is 10.1. The first-order valence-electron chi connectivity index (χ1n) is 8.54. The van der Waals surface area contributed by atoms with Gasteiger partial charge in [0.1, 0.15) is 0 Å². The summed E-state index contributed by atoms with van der Waals surface area (Å²) in [4.78, 5) is 28.0. The maximum absolute atomic E-state index is 12.0. The van der Waals surface area contributed by atoms with Gasteiger partial charge < -0.3 is 14.3 Å². The highest BCUT2D eigenvalue weighted by molar-refractivity contribution is 6.00. The Hall–Kier alpha value is -3.75. The van der Waals surface area contributed by atoms with Crippen LogP contribution in [-0.2, 0) is 11.3 Å². The Kier molecular flexibility index (Phi) is 5.95. The van der Waals surface area contributed by atoms with Crippen LogP contribution in [0.4, 0.5) is 0 Å². The summed E-state index contributed by atoms with van der Waals surface area (Å²) in [7, 11) is 0. The molecule has 3 aromatic rings. The second-order valence-corrected chi connectivity index (χ2v) is 6.10. The summed E-state index contributed by atoms with van der Waals surface area (Å²) in [5.41, 5.74) is 4.73. The number of nitrogens with zero attached hydrogens (tertiary/aromatic N) is 3. The lowest BCUT2D eigenvalue weighted by Gasteiger charge is -2.02. The fourth-order valence-corrected chi connectivity index (χ4v) is 2.26. The molecule has 0 aliphatic carbocycles. The Bertz CT molecular complexity index is 974. The van der Waals surface area contributed by atoms with E-state index in [1.807, 2.05) is 31.2 Å². The molecule has 9 nitrogen and oxygen atoms in total. The molecule has 0 saturated carbocycles. The van der Waals surface area contributed by atoms with Gasteiger partial charge in [-0.15, -0.1) is 0 Å². The standard InChI is InChI=1S/C19H19N5O4/c1-12-5-7-14(8-6-12)18-21-17(28-24-18)11-20-16(25)10-13(2)22-23-19(26)15-4-3-9-27-15/h3-9H,10-11H2,1-2H3,(H,20,25)(H,23,26)/b22-13+. The molecule has 0 bridgehead atoms. The van der Waals surface area contributed by atoms with Gasteiger partial charge in [-0.1, -0.05) is 35.0 Å². The zero-order chi connectivity index (χ0) is 19.9. The lowest BCUT2D eigenvalue weighted by atomic mass is 10.1. The van der Waals surface area contributed by atoms with E-state index in [9.17, 15) is 9.59 Å². The SMILES string of the molecule is C/C(CC(=O)NCc1nc(-c2ccc(C)cc2)no1)=N\NC(=O)c1ccco1. The predicted octanol–water partition coefficient (Wildman–Crippen LogP) is 2.45. The average Bonchev–Trinajstić information content (AvgIpc) is 3.37. The van der Waals surface area contributed by atoms with E-state index in [2.05, 4.69) is 26.0 Å². The molecular weight excluding hydrogens is 362 g/mol. The van der Waals surface area contributed by atoms with Crippen molar-refractivity contribution in [1.29, 1.82) is 0 Å². The highest BCUT2D eigenvalue weighted by Crippen LogP contribution is 2.16. The molecule has 2 heterocycles. The molecule has 0 aliphatic rings. The molecule has 0 unspecified atom stereocenters. The number of hydrogen-bond donors (Lipinski definition) is 2. The van der Waals surface area contributed by atoms with Crippen LogP contribution in [0.25, 0.3) is 11.4 Å². The van der Waals surface area contributed by atoms with Gasteiger partial charge in [0.2, 0.25) is 17.6 Å². The summed E-state index contributed by atoms with van der Waals surface area (Å²) in [6, 6.07) is 10.8. The summed E-state index contributed by atoms with van der Waals surface area (Å²) in [5.74, 6) is 0.122. The molecule has 0 radical (unpaired) electrons. The molecule has 2 N–H and O–H groups in total. The molecule has 144 valence electrons. The largest absolute Gasteiger partial charge is 0.459 e. The number of aryl methyl sites for hydroxylation is 1. The first-order chi connectivity index (χ1) is 13.5. The van der Waals surface area contributed by atoms with Gasteiger partial charge in [-0.05, 0) is 26.0 Å². The van der Waals surface area contributed by atoms with Gasteiger partial charge in [0.15, 0.2) is 5.76 Å². The Labute approximate surface area is 160 Å². The molecule has 0 aliphatic heterocycles. The summed E-state index contributed by atoms with van der Waals surface area (Å²) in [5, 5.41) is 10.5. The molecule has 0 spiro atoms. The highest BCUT2D eigenvalue weighted by atomic mass is 16.5. The van der Waals surface area contributed by atoms with Crippen molar-refractivity contribution in [3.8, 4) is 11.4 Å². The maximum Gasteiger partial charge on any atom is 0.307 e. The lowest BCUT2D eigenvalue weighted by Crippen LogP contribution is -2.26. The number of amides is 2. The predicted molar refractivity (Wildman–Crippen MR) is 100 cm³/mol. The maximum atomic E-state index is 12.0. The minimum absolute atomic E-state index is 0.0113. The number of carbonyl (C=O) groups excluding carboxylic acids is 2. The van der Waals surface area contributed by atoms with Crippen molar-refractivity contribution in [3.05, 3.63) is 59.9 Å². The average molecular weight is 381 g/mol. The molecule has 2 amide bonds. The van der Waals surface area contributed by atoms with Gasteiger partial charge in [0, 0.05) is 11.3 Å².